The Morgan fingerprint density at radius 3 is 3.00 bits per heavy atom. The van der Waals surface area contributed by atoms with E-state index in [1.54, 1.807) is 0 Å². The van der Waals surface area contributed by atoms with E-state index in [4.69, 9.17) is 16.1 Å². The Bertz CT molecular complexity index is 534. The average Bonchev–Trinajstić information content (AvgIpc) is 2.80. The Morgan fingerprint density at radius 2 is 2.17 bits per heavy atom. The number of fused-ring (bicyclic) bond motifs is 1. The third-order valence-electron chi connectivity index (χ3n) is 3.38. The molecule has 1 aliphatic heterocycles. The van der Waals surface area contributed by atoms with Crippen molar-refractivity contribution >= 4 is 22.6 Å². The van der Waals surface area contributed by atoms with E-state index in [9.17, 15) is 0 Å². The Labute approximate surface area is 111 Å². The number of aromatic nitrogens is 1. The van der Waals surface area contributed by atoms with Gasteiger partial charge in [0.1, 0.15) is 0 Å². The van der Waals surface area contributed by atoms with Crippen LogP contribution in [0, 0.1) is 0 Å². The molecule has 0 saturated carbocycles. The lowest BCUT2D eigenvalue weighted by Gasteiger charge is -2.26. The quantitative estimate of drug-likeness (QED) is 0.921. The zero-order chi connectivity index (χ0) is 12.4. The van der Waals surface area contributed by atoms with Crippen LogP contribution in [0.25, 0.3) is 11.0 Å². The first-order valence-corrected chi connectivity index (χ1v) is 6.67. The summed E-state index contributed by atoms with van der Waals surface area (Å²) < 4.78 is 5.30. The van der Waals surface area contributed by atoms with E-state index in [2.05, 4.69) is 15.4 Å². The largest absolute Gasteiger partial charge is 0.356 e. The van der Waals surface area contributed by atoms with Gasteiger partial charge in [0.2, 0.25) is 0 Å². The normalized spacial score (nSPS) is 17.4. The molecule has 0 spiro atoms. The van der Waals surface area contributed by atoms with Gasteiger partial charge in [-0.1, -0.05) is 16.8 Å². The summed E-state index contributed by atoms with van der Waals surface area (Å²) in [6, 6.07) is 5.63. The maximum atomic E-state index is 6.01. The minimum absolute atomic E-state index is 0.731. The first kappa shape index (κ1) is 12.0. The highest BCUT2D eigenvalue weighted by Gasteiger charge is 2.13. The van der Waals surface area contributed by atoms with Crippen LogP contribution in [0.15, 0.2) is 22.7 Å². The van der Waals surface area contributed by atoms with Crippen molar-refractivity contribution in [2.45, 2.75) is 6.42 Å². The second kappa shape index (κ2) is 5.26. The summed E-state index contributed by atoms with van der Waals surface area (Å²) >= 11 is 6.01. The number of benzene rings is 1. The predicted molar refractivity (Wildman–Crippen MR) is 72.0 cm³/mol. The zero-order valence-corrected chi connectivity index (χ0v) is 10.9. The van der Waals surface area contributed by atoms with Gasteiger partial charge in [0, 0.05) is 49.6 Å². The number of halogens is 1. The van der Waals surface area contributed by atoms with Crippen LogP contribution in [-0.4, -0.2) is 42.8 Å². The third-order valence-corrected chi connectivity index (χ3v) is 3.62. The van der Waals surface area contributed by atoms with Crippen molar-refractivity contribution in [3.63, 3.8) is 0 Å². The summed E-state index contributed by atoms with van der Waals surface area (Å²) in [5, 5.41) is 9.27. The van der Waals surface area contributed by atoms with Crippen molar-refractivity contribution in [2.75, 3.05) is 32.7 Å². The molecule has 96 valence electrons. The van der Waals surface area contributed by atoms with Crippen LogP contribution in [0.4, 0.5) is 0 Å². The Balaban J connectivity index is 1.72. The number of rotatable bonds is 3. The SMILES string of the molecule is Clc1ccc2onc(CCN3CCNCC3)c2c1. The fourth-order valence-corrected chi connectivity index (χ4v) is 2.51. The molecule has 18 heavy (non-hydrogen) atoms. The smallest absolute Gasteiger partial charge is 0.167 e. The van der Waals surface area contributed by atoms with Crippen LogP contribution in [0.5, 0.6) is 0 Å². The lowest BCUT2D eigenvalue weighted by atomic mass is 10.1. The van der Waals surface area contributed by atoms with Crippen molar-refractivity contribution in [1.82, 2.24) is 15.4 Å². The minimum atomic E-state index is 0.731. The molecular weight excluding hydrogens is 250 g/mol. The molecule has 0 atom stereocenters. The van der Waals surface area contributed by atoms with E-state index >= 15 is 0 Å². The molecule has 4 nitrogen and oxygen atoms in total. The van der Waals surface area contributed by atoms with E-state index < -0.39 is 0 Å². The molecule has 3 rings (SSSR count). The summed E-state index contributed by atoms with van der Waals surface area (Å²) in [6.45, 7) is 5.39. The van der Waals surface area contributed by atoms with Crippen molar-refractivity contribution in [3.8, 4) is 0 Å². The number of nitrogens with zero attached hydrogens (tertiary/aromatic N) is 2. The van der Waals surface area contributed by atoms with Gasteiger partial charge in [-0.15, -0.1) is 0 Å². The highest BCUT2D eigenvalue weighted by atomic mass is 35.5. The molecule has 1 aromatic heterocycles. The van der Waals surface area contributed by atoms with E-state index in [0.29, 0.717) is 0 Å². The van der Waals surface area contributed by atoms with Gasteiger partial charge in [-0.2, -0.15) is 0 Å². The highest BCUT2D eigenvalue weighted by molar-refractivity contribution is 6.31. The van der Waals surface area contributed by atoms with Crippen LogP contribution in [0.1, 0.15) is 5.69 Å². The summed E-state index contributed by atoms with van der Waals surface area (Å²) in [5.41, 5.74) is 1.82. The minimum Gasteiger partial charge on any atom is -0.356 e. The predicted octanol–water partition coefficient (Wildman–Crippen LogP) is 1.93. The van der Waals surface area contributed by atoms with Crippen LogP contribution in [-0.2, 0) is 6.42 Å². The molecule has 1 saturated heterocycles. The second-order valence-corrected chi connectivity index (χ2v) is 5.05. The van der Waals surface area contributed by atoms with Crippen LogP contribution < -0.4 is 5.32 Å². The number of piperazine rings is 1. The molecule has 1 N–H and O–H groups in total. The Kier molecular flexibility index (Phi) is 3.50. The van der Waals surface area contributed by atoms with Gasteiger partial charge in [-0.05, 0) is 18.2 Å². The first-order chi connectivity index (χ1) is 8.83. The van der Waals surface area contributed by atoms with Gasteiger partial charge in [0.15, 0.2) is 5.58 Å². The molecule has 0 radical (unpaired) electrons. The average molecular weight is 266 g/mol. The number of hydrogen-bond donors (Lipinski definition) is 1. The first-order valence-electron chi connectivity index (χ1n) is 6.30. The summed E-state index contributed by atoms with van der Waals surface area (Å²) in [4.78, 5) is 2.45. The van der Waals surface area contributed by atoms with Crippen molar-refractivity contribution in [2.24, 2.45) is 0 Å². The zero-order valence-electron chi connectivity index (χ0n) is 10.2. The van der Waals surface area contributed by atoms with Crippen molar-refractivity contribution in [3.05, 3.63) is 28.9 Å². The van der Waals surface area contributed by atoms with Crippen molar-refractivity contribution in [1.29, 1.82) is 0 Å². The van der Waals surface area contributed by atoms with Crippen molar-refractivity contribution < 1.29 is 4.52 Å². The number of nitrogens with one attached hydrogen (secondary N) is 1. The molecule has 2 heterocycles. The number of hydrogen-bond acceptors (Lipinski definition) is 4. The molecule has 1 fully saturated rings. The van der Waals surface area contributed by atoms with Gasteiger partial charge < -0.3 is 14.7 Å². The lowest BCUT2D eigenvalue weighted by molar-refractivity contribution is 0.242. The molecule has 5 heteroatoms. The molecule has 0 bridgehead atoms. The molecule has 1 aliphatic rings. The third kappa shape index (κ3) is 2.51. The maximum Gasteiger partial charge on any atom is 0.167 e. The molecule has 2 aromatic rings. The van der Waals surface area contributed by atoms with E-state index in [1.807, 2.05) is 18.2 Å². The van der Waals surface area contributed by atoms with E-state index in [-0.39, 0.29) is 0 Å². The topological polar surface area (TPSA) is 41.3 Å². The lowest BCUT2D eigenvalue weighted by Crippen LogP contribution is -2.44. The Hall–Kier alpha value is -1.10. The van der Waals surface area contributed by atoms with Gasteiger partial charge in [-0.3, -0.25) is 0 Å². The van der Waals surface area contributed by atoms with Gasteiger partial charge in [0.05, 0.1) is 5.69 Å². The Morgan fingerprint density at radius 1 is 1.33 bits per heavy atom. The monoisotopic (exact) mass is 265 g/mol. The van der Waals surface area contributed by atoms with E-state index in [1.165, 1.54) is 0 Å². The molecular formula is C13H16ClN3O. The van der Waals surface area contributed by atoms with E-state index in [0.717, 1.165) is 60.8 Å². The van der Waals surface area contributed by atoms with Gasteiger partial charge >= 0.3 is 0 Å². The molecule has 0 amide bonds. The van der Waals surface area contributed by atoms with Gasteiger partial charge in [-0.25, -0.2) is 0 Å². The summed E-state index contributed by atoms with van der Waals surface area (Å²) in [5.74, 6) is 0. The highest BCUT2D eigenvalue weighted by Crippen LogP contribution is 2.22. The summed E-state index contributed by atoms with van der Waals surface area (Å²) in [7, 11) is 0. The van der Waals surface area contributed by atoms with Gasteiger partial charge in [0.25, 0.3) is 0 Å². The fraction of sp³-hybridized carbons (Fsp3) is 0.462. The van der Waals surface area contributed by atoms with Crippen LogP contribution in [0.3, 0.4) is 0 Å². The van der Waals surface area contributed by atoms with Crippen LogP contribution >= 0.6 is 11.6 Å². The maximum absolute atomic E-state index is 6.01. The molecule has 0 aliphatic carbocycles. The second-order valence-electron chi connectivity index (χ2n) is 4.61. The standard InChI is InChI=1S/C13H16ClN3O/c14-10-1-2-13-11(9-10)12(16-18-13)3-6-17-7-4-15-5-8-17/h1-2,9,15H,3-8H2. The fourth-order valence-electron chi connectivity index (χ4n) is 2.34. The molecule has 1 aromatic carbocycles. The molecule has 0 unspecified atom stereocenters. The van der Waals surface area contributed by atoms with Crippen LogP contribution in [0.2, 0.25) is 5.02 Å². The summed E-state index contributed by atoms with van der Waals surface area (Å²) in [6.07, 6.45) is 0.910.